The molecule has 2 aromatic heterocycles. The van der Waals surface area contributed by atoms with Gasteiger partial charge in [-0.05, 0) is 28.4 Å². The zero-order chi connectivity index (χ0) is 13.1. The molecular weight excluding hydrogens is 314 g/mol. The summed E-state index contributed by atoms with van der Waals surface area (Å²) in [6.07, 6.45) is 2.38. The molecule has 18 heavy (non-hydrogen) atoms. The molecule has 7 heteroatoms. The van der Waals surface area contributed by atoms with Crippen molar-refractivity contribution in [2.24, 2.45) is 5.73 Å². The van der Waals surface area contributed by atoms with Gasteiger partial charge >= 0.3 is 0 Å². The van der Waals surface area contributed by atoms with Crippen LogP contribution in [0.4, 0.5) is 0 Å². The molecule has 2 unspecified atom stereocenters. The Bertz CT molecular complexity index is 570. The summed E-state index contributed by atoms with van der Waals surface area (Å²) in [7, 11) is 0. The van der Waals surface area contributed by atoms with Gasteiger partial charge in [0.05, 0.1) is 0 Å². The summed E-state index contributed by atoms with van der Waals surface area (Å²) < 4.78 is 2.70. The number of thiophene rings is 1. The van der Waals surface area contributed by atoms with Crippen molar-refractivity contribution in [2.45, 2.75) is 25.4 Å². The van der Waals surface area contributed by atoms with Crippen molar-refractivity contribution in [1.82, 2.24) is 14.8 Å². The quantitative estimate of drug-likeness (QED) is 0.935. The van der Waals surface area contributed by atoms with E-state index in [2.05, 4.69) is 26.0 Å². The number of nitriles is 1. The molecule has 0 spiro atoms. The maximum Gasteiger partial charge on any atom is 0.252 e. The first-order chi connectivity index (χ1) is 8.65. The molecule has 2 atom stereocenters. The van der Waals surface area contributed by atoms with Crippen molar-refractivity contribution < 1.29 is 0 Å². The lowest BCUT2D eigenvalue weighted by Crippen LogP contribution is -2.32. The van der Waals surface area contributed by atoms with Crippen molar-refractivity contribution in [3.63, 3.8) is 0 Å². The average molecular weight is 326 g/mol. The van der Waals surface area contributed by atoms with Gasteiger partial charge in [0.25, 0.3) is 5.82 Å². The topological polar surface area (TPSA) is 80.5 Å². The number of aromatic nitrogens is 3. The van der Waals surface area contributed by atoms with Crippen LogP contribution >= 0.6 is 27.3 Å². The highest BCUT2D eigenvalue weighted by Gasteiger charge is 2.23. The number of nitrogens with two attached hydrogens (primary N) is 1. The molecule has 2 N–H and O–H groups in total. The summed E-state index contributed by atoms with van der Waals surface area (Å²) in [5, 5.41) is 14.9. The van der Waals surface area contributed by atoms with E-state index in [9.17, 15) is 0 Å². The van der Waals surface area contributed by atoms with E-state index < -0.39 is 0 Å². The van der Waals surface area contributed by atoms with E-state index in [1.54, 1.807) is 22.3 Å². The molecule has 0 fully saturated rings. The van der Waals surface area contributed by atoms with Crippen LogP contribution in [0.1, 0.15) is 30.1 Å². The highest BCUT2D eigenvalue weighted by molar-refractivity contribution is 9.10. The number of hydrogen-bond donors (Lipinski definition) is 1. The Morgan fingerprint density at radius 3 is 2.94 bits per heavy atom. The van der Waals surface area contributed by atoms with Crippen LogP contribution in [-0.4, -0.2) is 20.8 Å². The first kappa shape index (κ1) is 13.2. The molecule has 94 valence electrons. The standard InChI is InChI=1S/C11H12BrN5S/c1-2-8(14)11(9-3-7(12)5-18-9)17-6-15-10(4-13)16-17/h3,5-6,8,11H,2,14H2,1H3. The lowest BCUT2D eigenvalue weighted by atomic mass is 10.1. The molecule has 0 aromatic carbocycles. The summed E-state index contributed by atoms with van der Waals surface area (Å²) in [4.78, 5) is 5.04. The van der Waals surface area contributed by atoms with Crippen molar-refractivity contribution in [3.8, 4) is 6.07 Å². The van der Waals surface area contributed by atoms with E-state index >= 15 is 0 Å². The Kier molecular flexibility index (Phi) is 4.11. The van der Waals surface area contributed by atoms with E-state index in [1.165, 1.54) is 0 Å². The highest BCUT2D eigenvalue weighted by atomic mass is 79.9. The van der Waals surface area contributed by atoms with Crippen molar-refractivity contribution >= 4 is 27.3 Å². The summed E-state index contributed by atoms with van der Waals surface area (Å²) in [6.45, 7) is 2.03. The first-order valence-electron chi connectivity index (χ1n) is 5.46. The zero-order valence-electron chi connectivity index (χ0n) is 9.75. The molecule has 2 heterocycles. The van der Waals surface area contributed by atoms with Gasteiger partial charge in [0.1, 0.15) is 18.4 Å². The van der Waals surface area contributed by atoms with Gasteiger partial charge in [0, 0.05) is 20.8 Å². The summed E-state index contributed by atoms with van der Waals surface area (Å²) >= 11 is 5.05. The Labute approximate surface area is 117 Å². The Balaban J connectivity index is 2.40. The number of nitrogens with zero attached hydrogens (tertiary/aromatic N) is 4. The fourth-order valence-corrected chi connectivity index (χ4v) is 3.32. The third-order valence-corrected chi connectivity index (χ3v) is 4.41. The molecule has 0 saturated heterocycles. The fourth-order valence-electron chi connectivity index (χ4n) is 1.70. The summed E-state index contributed by atoms with van der Waals surface area (Å²) in [5.41, 5.74) is 6.16. The Hall–Kier alpha value is -1.23. The lowest BCUT2D eigenvalue weighted by Gasteiger charge is -2.21. The normalized spacial score (nSPS) is 14.1. The Morgan fingerprint density at radius 2 is 2.44 bits per heavy atom. The molecule has 0 aliphatic carbocycles. The van der Waals surface area contributed by atoms with Gasteiger partial charge in [-0.15, -0.1) is 16.4 Å². The predicted octanol–water partition coefficient (Wildman–Crippen LogP) is 2.30. The molecule has 0 aliphatic rings. The van der Waals surface area contributed by atoms with Crippen LogP contribution in [0.3, 0.4) is 0 Å². The number of halogens is 1. The van der Waals surface area contributed by atoms with Gasteiger partial charge in [0.15, 0.2) is 0 Å². The van der Waals surface area contributed by atoms with E-state index in [0.29, 0.717) is 0 Å². The van der Waals surface area contributed by atoms with Crippen LogP contribution in [0.2, 0.25) is 0 Å². The third kappa shape index (κ3) is 2.61. The van der Waals surface area contributed by atoms with Crippen LogP contribution < -0.4 is 5.73 Å². The second kappa shape index (κ2) is 5.61. The van der Waals surface area contributed by atoms with Crippen molar-refractivity contribution in [3.05, 3.63) is 32.9 Å². The predicted molar refractivity (Wildman–Crippen MR) is 73.2 cm³/mol. The second-order valence-electron chi connectivity index (χ2n) is 3.84. The molecule has 0 saturated carbocycles. The van der Waals surface area contributed by atoms with E-state index in [-0.39, 0.29) is 17.9 Å². The van der Waals surface area contributed by atoms with E-state index in [1.807, 2.05) is 24.4 Å². The minimum absolute atomic E-state index is 0.0659. The van der Waals surface area contributed by atoms with Crippen molar-refractivity contribution in [1.29, 1.82) is 5.26 Å². The molecule has 0 radical (unpaired) electrons. The Morgan fingerprint density at radius 1 is 1.67 bits per heavy atom. The van der Waals surface area contributed by atoms with Gasteiger partial charge in [-0.25, -0.2) is 9.67 Å². The van der Waals surface area contributed by atoms with E-state index in [0.717, 1.165) is 15.8 Å². The molecular formula is C11H12BrN5S. The second-order valence-corrected chi connectivity index (χ2v) is 5.70. The van der Waals surface area contributed by atoms with Crippen molar-refractivity contribution in [2.75, 3.05) is 0 Å². The SMILES string of the molecule is CCC(N)C(c1cc(Br)cs1)n1cnc(C#N)n1. The van der Waals surface area contributed by atoms with Crippen LogP contribution in [-0.2, 0) is 0 Å². The summed E-state index contributed by atoms with van der Waals surface area (Å²) in [5.74, 6) is 0.166. The monoisotopic (exact) mass is 325 g/mol. The van der Waals surface area contributed by atoms with Gasteiger partial charge in [-0.2, -0.15) is 5.26 Å². The first-order valence-corrected chi connectivity index (χ1v) is 7.13. The minimum atomic E-state index is -0.0825. The largest absolute Gasteiger partial charge is 0.326 e. The van der Waals surface area contributed by atoms with Gasteiger partial charge in [-0.1, -0.05) is 6.92 Å². The number of hydrogen-bond acceptors (Lipinski definition) is 5. The molecule has 2 aromatic rings. The smallest absolute Gasteiger partial charge is 0.252 e. The molecule has 2 rings (SSSR count). The van der Waals surface area contributed by atoms with Crippen LogP contribution in [0.5, 0.6) is 0 Å². The molecule has 0 aliphatic heterocycles. The van der Waals surface area contributed by atoms with Gasteiger partial charge < -0.3 is 5.73 Å². The lowest BCUT2D eigenvalue weighted by molar-refractivity contribution is 0.428. The van der Waals surface area contributed by atoms with Crippen LogP contribution in [0, 0.1) is 11.3 Å². The average Bonchev–Trinajstić information content (AvgIpc) is 2.99. The van der Waals surface area contributed by atoms with Gasteiger partial charge in [0.2, 0.25) is 0 Å². The van der Waals surface area contributed by atoms with Crippen LogP contribution in [0.25, 0.3) is 0 Å². The number of rotatable bonds is 4. The minimum Gasteiger partial charge on any atom is -0.326 e. The van der Waals surface area contributed by atoms with Crippen LogP contribution in [0.15, 0.2) is 22.2 Å². The summed E-state index contributed by atoms with van der Waals surface area (Å²) in [6, 6.07) is 3.80. The maximum absolute atomic E-state index is 8.78. The molecule has 5 nitrogen and oxygen atoms in total. The fraction of sp³-hybridized carbons (Fsp3) is 0.364. The highest BCUT2D eigenvalue weighted by Crippen LogP contribution is 2.30. The molecule has 0 amide bonds. The maximum atomic E-state index is 8.78. The van der Waals surface area contributed by atoms with Gasteiger partial charge in [-0.3, -0.25) is 0 Å². The zero-order valence-corrected chi connectivity index (χ0v) is 12.1. The molecule has 0 bridgehead atoms. The van der Waals surface area contributed by atoms with E-state index in [4.69, 9.17) is 11.0 Å². The third-order valence-electron chi connectivity index (χ3n) is 2.65.